The summed E-state index contributed by atoms with van der Waals surface area (Å²) in [6, 6.07) is 24.7. The maximum atomic E-state index is 6.48. The summed E-state index contributed by atoms with van der Waals surface area (Å²) in [7, 11) is 1.69. The second-order valence-corrected chi connectivity index (χ2v) is 8.16. The van der Waals surface area contributed by atoms with E-state index in [1.54, 1.807) is 7.11 Å². The molecule has 2 atom stereocenters. The van der Waals surface area contributed by atoms with Crippen molar-refractivity contribution < 1.29 is 14.2 Å². The summed E-state index contributed by atoms with van der Waals surface area (Å²) in [5.74, 6) is 2.59. The Morgan fingerprint density at radius 1 is 1.00 bits per heavy atom. The van der Waals surface area contributed by atoms with Crippen LogP contribution in [0.5, 0.6) is 17.2 Å². The maximum Gasteiger partial charge on any atom is 0.213 e. The van der Waals surface area contributed by atoms with Gasteiger partial charge < -0.3 is 14.2 Å². The molecule has 3 aromatic carbocycles. The molecule has 0 amide bonds. The number of hydrogen-bond donors (Lipinski definition) is 0. The molecule has 0 fully saturated rings. The van der Waals surface area contributed by atoms with Gasteiger partial charge in [-0.3, -0.25) is 0 Å². The second-order valence-electron chi connectivity index (χ2n) is 8.16. The van der Waals surface area contributed by atoms with Crippen molar-refractivity contribution >= 4 is 5.71 Å². The molecule has 3 aromatic rings. The van der Waals surface area contributed by atoms with E-state index < -0.39 is 0 Å². The van der Waals surface area contributed by atoms with E-state index in [1.807, 2.05) is 30.3 Å². The summed E-state index contributed by atoms with van der Waals surface area (Å²) in [5.41, 5.74) is 4.37. The van der Waals surface area contributed by atoms with Crippen molar-refractivity contribution in [3.63, 3.8) is 0 Å². The fourth-order valence-corrected chi connectivity index (χ4v) is 4.28. The van der Waals surface area contributed by atoms with E-state index in [4.69, 9.17) is 19.3 Å². The molecule has 5 nitrogen and oxygen atoms in total. The molecular weight excluding hydrogens is 400 g/mol. The Kier molecular flexibility index (Phi) is 5.71. The predicted molar refractivity (Wildman–Crippen MR) is 125 cm³/mol. The molecule has 0 aliphatic carbocycles. The number of hydrogen-bond acceptors (Lipinski definition) is 5. The summed E-state index contributed by atoms with van der Waals surface area (Å²) in [4.78, 5) is 0. The summed E-state index contributed by atoms with van der Waals surface area (Å²) in [6.45, 7) is 2.90. The van der Waals surface area contributed by atoms with Crippen molar-refractivity contribution in [3.8, 4) is 17.2 Å². The van der Waals surface area contributed by atoms with Crippen LogP contribution in [0.1, 0.15) is 55.1 Å². The van der Waals surface area contributed by atoms with Crippen molar-refractivity contribution in [2.75, 3.05) is 13.7 Å². The van der Waals surface area contributed by atoms with Crippen LogP contribution in [-0.2, 0) is 0 Å². The van der Waals surface area contributed by atoms with Gasteiger partial charge >= 0.3 is 0 Å². The Morgan fingerprint density at radius 3 is 2.53 bits per heavy atom. The van der Waals surface area contributed by atoms with Crippen LogP contribution in [0.15, 0.2) is 77.9 Å². The Morgan fingerprint density at radius 2 is 1.78 bits per heavy atom. The van der Waals surface area contributed by atoms with Crippen LogP contribution in [0.3, 0.4) is 0 Å². The number of nitrogens with zero attached hydrogens (tertiary/aromatic N) is 2. The van der Waals surface area contributed by atoms with Gasteiger partial charge in [-0.2, -0.15) is 5.10 Å². The average Bonchev–Trinajstić information content (AvgIpc) is 3.30. The zero-order valence-corrected chi connectivity index (χ0v) is 18.5. The van der Waals surface area contributed by atoms with E-state index >= 15 is 0 Å². The average molecular weight is 429 g/mol. The van der Waals surface area contributed by atoms with Crippen LogP contribution in [0.4, 0.5) is 0 Å². The van der Waals surface area contributed by atoms with Gasteiger partial charge in [0.1, 0.15) is 17.2 Å². The molecule has 0 spiro atoms. The van der Waals surface area contributed by atoms with E-state index in [9.17, 15) is 0 Å². The first kappa shape index (κ1) is 20.4. The normalized spacial score (nSPS) is 18.9. The molecular formula is C27H28N2O3. The molecule has 0 saturated carbocycles. The van der Waals surface area contributed by atoms with Gasteiger partial charge in [-0.25, -0.2) is 5.01 Å². The highest BCUT2D eigenvalue weighted by Gasteiger charge is 2.41. The number of fused-ring (bicyclic) bond motifs is 3. The van der Waals surface area contributed by atoms with Crippen molar-refractivity contribution in [2.24, 2.45) is 5.10 Å². The standard InChI is InChI=1S/C27H28N2O3/c1-3-4-16-31-21-12-10-20(11-13-21)27-29-25(18-24(28-29)19-8-6-5-7-9-19)23-17-22(30-2)14-15-26(23)32-27/h5-15,17,25,27H,3-4,16,18H2,1-2H3. The van der Waals surface area contributed by atoms with Gasteiger partial charge in [-0.1, -0.05) is 43.7 Å². The van der Waals surface area contributed by atoms with Crippen molar-refractivity contribution in [1.82, 2.24) is 5.01 Å². The first-order valence-electron chi connectivity index (χ1n) is 11.3. The molecule has 0 bridgehead atoms. The molecule has 164 valence electrons. The molecule has 2 aliphatic rings. The fraction of sp³-hybridized carbons (Fsp3) is 0.296. The molecule has 2 heterocycles. The Labute approximate surface area is 189 Å². The largest absolute Gasteiger partial charge is 0.497 e. The van der Waals surface area contributed by atoms with Gasteiger partial charge in [0.15, 0.2) is 0 Å². The third kappa shape index (κ3) is 3.91. The zero-order valence-electron chi connectivity index (χ0n) is 18.5. The highest BCUT2D eigenvalue weighted by molar-refractivity contribution is 6.01. The topological polar surface area (TPSA) is 43.3 Å². The number of unbranched alkanes of at least 4 members (excludes halogenated alkanes) is 1. The smallest absolute Gasteiger partial charge is 0.213 e. The summed E-state index contributed by atoms with van der Waals surface area (Å²) in [6.07, 6.45) is 2.70. The van der Waals surface area contributed by atoms with Gasteiger partial charge in [0.25, 0.3) is 0 Å². The van der Waals surface area contributed by atoms with Crippen molar-refractivity contribution in [1.29, 1.82) is 0 Å². The lowest BCUT2D eigenvalue weighted by Gasteiger charge is -2.38. The SMILES string of the molecule is CCCCOc1ccc(C2Oc3ccc(OC)cc3C3CC(c4ccccc4)=NN32)cc1. The molecule has 5 heteroatoms. The van der Waals surface area contributed by atoms with E-state index in [0.717, 1.165) is 65.5 Å². The monoisotopic (exact) mass is 428 g/mol. The lowest BCUT2D eigenvalue weighted by atomic mass is 9.95. The minimum Gasteiger partial charge on any atom is -0.497 e. The van der Waals surface area contributed by atoms with Gasteiger partial charge in [0.2, 0.25) is 6.23 Å². The van der Waals surface area contributed by atoms with Gasteiger partial charge in [0.05, 0.1) is 25.5 Å². The lowest BCUT2D eigenvalue weighted by Crippen LogP contribution is -2.33. The Hall–Kier alpha value is -3.47. The third-order valence-corrected chi connectivity index (χ3v) is 6.04. The quantitative estimate of drug-likeness (QED) is 0.426. The van der Waals surface area contributed by atoms with Gasteiger partial charge in [-0.05, 0) is 54.4 Å². The number of benzene rings is 3. The molecule has 2 unspecified atom stereocenters. The number of rotatable bonds is 7. The van der Waals surface area contributed by atoms with E-state index in [2.05, 4.69) is 54.4 Å². The van der Waals surface area contributed by atoms with Crippen LogP contribution < -0.4 is 14.2 Å². The molecule has 0 radical (unpaired) electrons. The first-order valence-corrected chi connectivity index (χ1v) is 11.3. The van der Waals surface area contributed by atoms with Crippen molar-refractivity contribution in [3.05, 3.63) is 89.5 Å². The van der Waals surface area contributed by atoms with Gasteiger partial charge in [0, 0.05) is 17.5 Å². The van der Waals surface area contributed by atoms with Crippen LogP contribution in [0.2, 0.25) is 0 Å². The first-order chi connectivity index (χ1) is 15.8. The van der Waals surface area contributed by atoms with E-state index in [1.165, 1.54) is 0 Å². The predicted octanol–water partition coefficient (Wildman–Crippen LogP) is 6.12. The Balaban J connectivity index is 1.48. The molecule has 2 aliphatic heterocycles. The Bertz CT molecular complexity index is 1100. The highest BCUT2D eigenvalue weighted by Crippen LogP contribution is 2.48. The number of methoxy groups -OCH3 is 1. The maximum absolute atomic E-state index is 6.48. The van der Waals surface area contributed by atoms with Crippen LogP contribution in [-0.4, -0.2) is 24.4 Å². The van der Waals surface area contributed by atoms with Gasteiger partial charge in [-0.15, -0.1) is 0 Å². The van der Waals surface area contributed by atoms with E-state index in [-0.39, 0.29) is 12.3 Å². The third-order valence-electron chi connectivity index (χ3n) is 6.04. The molecule has 0 N–H and O–H groups in total. The summed E-state index contributed by atoms with van der Waals surface area (Å²) in [5, 5.41) is 7.12. The molecule has 0 saturated heterocycles. The molecule has 32 heavy (non-hydrogen) atoms. The molecule has 0 aromatic heterocycles. The highest BCUT2D eigenvalue weighted by atomic mass is 16.5. The minimum atomic E-state index is -0.299. The van der Waals surface area contributed by atoms with Crippen LogP contribution in [0.25, 0.3) is 0 Å². The summed E-state index contributed by atoms with van der Waals surface area (Å²) < 4.78 is 17.8. The molecule has 5 rings (SSSR count). The number of hydrazone groups is 1. The van der Waals surface area contributed by atoms with Crippen LogP contribution in [0, 0.1) is 0 Å². The zero-order chi connectivity index (χ0) is 21.9. The lowest BCUT2D eigenvalue weighted by molar-refractivity contribution is -0.0191. The number of ether oxygens (including phenoxy) is 3. The van der Waals surface area contributed by atoms with Crippen molar-refractivity contribution in [2.45, 2.75) is 38.5 Å². The van der Waals surface area contributed by atoms with Crippen LogP contribution >= 0.6 is 0 Å². The van der Waals surface area contributed by atoms with E-state index in [0.29, 0.717) is 0 Å². The summed E-state index contributed by atoms with van der Waals surface area (Å²) >= 11 is 0. The fourth-order valence-electron chi connectivity index (χ4n) is 4.28. The minimum absolute atomic E-state index is 0.0922. The second kappa shape index (κ2) is 8.95.